The van der Waals surface area contributed by atoms with Gasteiger partial charge in [0.1, 0.15) is 5.65 Å². The summed E-state index contributed by atoms with van der Waals surface area (Å²) in [6.07, 6.45) is 1.71. The van der Waals surface area contributed by atoms with Crippen LogP contribution in [0.1, 0.15) is 20.8 Å². The Kier molecular flexibility index (Phi) is 3.99. The third kappa shape index (κ3) is 3.03. The maximum absolute atomic E-state index is 12.9. The van der Waals surface area contributed by atoms with Gasteiger partial charge in [0.25, 0.3) is 10.0 Å². The predicted molar refractivity (Wildman–Crippen MR) is 84.0 cm³/mol. The van der Waals surface area contributed by atoms with Gasteiger partial charge in [-0.2, -0.15) is 4.31 Å². The quantitative estimate of drug-likeness (QED) is 0.938. The Bertz CT molecular complexity index is 744. The number of hydrogen-bond donors (Lipinski definition) is 1. The summed E-state index contributed by atoms with van der Waals surface area (Å²) in [5.41, 5.74) is 0.479. The zero-order valence-corrected chi connectivity index (χ0v) is 13.9. The summed E-state index contributed by atoms with van der Waals surface area (Å²) in [6.45, 7) is 6.45. The van der Waals surface area contributed by atoms with Gasteiger partial charge in [0.2, 0.25) is 0 Å². The van der Waals surface area contributed by atoms with E-state index in [9.17, 15) is 8.42 Å². The number of anilines is 1. The smallest absolute Gasteiger partial charge is 0.262 e. The van der Waals surface area contributed by atoms with E-state index in [1.54, 1.807) is 36.8 Å². The van der Waals surface area contributed by atoms with Crippen LogP contribution in [-0.4, -0.2) is 42.7 Å². The second kappa shape index (κ2) is 5.31. The lowest BCUT2D eigenvalue weighted by Gasteiger charge is -2.26. The molecule has 0 atom stereocenters. The molecule has 0 amide bonds. The van der Waals surface area contributed by atoms with E-state index in [0.717, 1.165) is 0 Å². The molecule has 2 aromatic rings. The molecule has 0 saturated heterocycles. The van der Waals surface area contributed by atoms with Crippen LogP contribution in [0.5, 0.6) is 0 Å². The first-order valence-corrected chi connectivity index (χ1v) is 8.22. The zero-order valence-electron chi connectivity index (χ0n) is 13.1. The van der Waals surface area contributed by atoms with Gasteiger partial charge >= 0.3 is 0 Å². The van der Waals surface area contributed by atoms with Gasteiger partial charge in [0, 0.05) is 26.8 Å². The molecule has 116 valence electrons. The molecule has 0 aliphatic carbocycles. The highest BCUT2D eigenvalue weighted by atomic mass is 32.2. The molecule has 2 rings (SSSR count). The van der Waals surface area contributed by atoms with E-state index in [0.29, 0.717) is 18.0 Å². The van der Waals surface area contributed by atoms with E-state index >= 15 is 0 Å². The van der Waals surface area contributed by atoms with Crippen LogP contribution < -0.4 is 5.32 Å². The lowest BCUT2D eigenvalue weighted by Crippen LogP contribution is -2.35. The fourth-order valence-corrected chi connectivity index (χ4v) is 3.93. The molecule has 21 heavy (non-hydrogen) atoms. The Morgan fingerprint density at radius 3 is 2.57 bits per heavy atom. The predicted octanol–water partition coefficient (Wildman–Crippen LogP) is 2.04. The molecule has 2 aromatic heterocycles. The molecule has 2 heterocycles. The molecule has 6 nitrogen and oxygen atoms in total. The summed E-state index contributed by atoms with van der Waals surface area (Å²) in [6, 6.07) is 5.40. The minimum Gasteiger partial charge on any atom is -0.371 e. The lowest BCUT2D eigenvalue weighted by molar-refractivity contribution is 0.310. The highest BCUT2D eigenvalue weighted by molar-refractivity contribution is 7.89. The van der Waals surface area contributed by atoms with Crippen molar-refractivity contribution in [2.45, 2.75) is 25.8 Å². The van der Waals surface area contributed by atoms with E-state index in [1.807, 2.05) is 26.8 Å². The molecule has 1 N–H and O–H groups in total. The Hall–Kier alpha value is -1.60. The van der Waals surface area contributed by atoms with Crippen LogP contribution in [0.15, 0.2) is 29.4 Å². The maximum Gasteiger partial charge on any atom is 0.262 e. The van der Waals surface area contributed by atoms with E-state index in [-0.39, 0.29) is 10.4 Å². The Labute approximate surface area is 125 Å². The van der Waals surface area contributed by atoms with Crippen LogP contribution in [0.25, 0.3) is 5.65 Å². The number of sulfonamides is 1. The molecule has 0 unspecified atom stereocenters. The fourth-order valence-electron chi connectivity index (χ4n) is 2.28. The third-order valence-electron chi connectivity index (χ3n) is 3.07. The average molecular weight is 310 g/mol. The topological polar surface area (TPSA) is 66.7 Å². The average Bonchev–Trinajstić information content (AvgIpc) is 2.75. The molecule has 0 spiro atoms. The van der Waals surface area contributed by atoms with Crippen molar-refractivity contribution in [3.63, 3.8) is 0 Å². The third-order valence-corrected chi connectivity index (χ3v) is 4.90. The minimum atomic E-state index is -3.63. The molecular weight excluding hydrogens is 288 g/mol. The summed E-state index contributed by atoms with van der Waals surface area (Å²) >= 11 is 0. The van der Waals surface area contributed by atoms with Crippen molar-refractivity contribution < 1.29 is 8.42 Å². The number of imidazole rings is 1. The van der Waals surface area contributed by atoms with Crippen LogP contribution in [0.4, 0.5) is 5.82 Å². The standard InChI is InChI=1S/C14H22N4O2S/c1-14(2,3)10-17(5)21(19,20)13-12(15-4)16-11-8-6-7-9-18(11)13/h6-9,15H,10H2,1-5H3. The summed E-state index contributed by atoms with van der Waals surface area (Å²) in [5, 5.41) is 3.04. The first kappa shape index (κ1) is 15.8. The van der Waals surface area contributed by atoms with Gasteiger partial charge in [0.15, 0.2) is 10.8 Å². The van der Waals surface area contributed by atoms with Crippen LogP contribution in [0, 0.1) is 5.41 Å². The van der Waals surface area contributed by atoms with E-state index in [1.165, 1.54) is 4.31 Å². The molecule has 0 saturated carbocycles. The van der Waals surface area contributed by atoms with Gasteiger partial charge in [-0.25, -0.2) is 13.4 Å². The van der Waals surface area contributed by atoms with Crippen molar-refractivity contribution in [1.82, 2.24) is 13.7 Å². The van der Waals surface area contributed by atoms with Gasteiger partial charge in [0.05, 0.1) is 0 Å². The van der Waals surface area contributed by atoms with Crippen molar-refractivity contribution in [3.05, 3.63) is 24.4 Å². The number of fused-ring (bicyclic) bond motifs is 1. The number of pyridine rings is 1. The van der Waals surface area contributed by atoms with E-state index in [2.05, 4.69) is 10.3 Å². The molecule has 0 bridgehead atoms. The number of hydrogen-bond acceptors (Lipinski definition) is 4. The summed E-state index contributed by atoms with van der Waals surface area (Å²) in [4.78, 5) is 4.32. The van der Waals surface area contributed by atoms with Crippen molar-refractivity contribution >= 4 is 21.5 Å². The second-order valence-electron chi connectivity index (χ2n) is 6.27. The van der Waals surface area contributed by atoms with Crippen LogP contribution in [0.3, 0.4) is 0 Å². The van der Waals surface area contributed by atoms with Gasteiger partial charge in [-0.1, -0.05) is 26.8 Å². The number of rotatable bonds is 4. The number of aromatic nitrogens is 2. The molecule has 0 radical (unpaired) electrons. The van der Waals surface area contributed by atoms with Crippen LogP contribution in [-0.2, 0) is 10.0 Å². The molecule has 7 heteroatoms. The minimum absolute atomic E-state index is 0.123. The Morgan fingerprint density at radius 2 is 2.00 bits per heavy atom. The normalized spacial score (nSPS) is 13.0. The van der Waals surface area contributed by atoms with Gasteiger partial charge in [-0.3, -0.25) is 4.40 Å². The monoisotopic (exact) mass is 310 g/mol. The van der Waals surface area contributed by atoms with Crippen molar-refractivity contribution in [2.75, 3.05) is 26.0 Å². The summed E-state index contributed by atoms with van der Waals surface area (Å²) in [5.74, 6) is 0.363. The first-order chi connectivity index (χ1) is 9.66. The largest absolute Gasteiger partial charge is 0.371 e. The molecular formula is C14H22N4O2S. The Morgan fingerprint density at radius 1 is 1.33 bits per heavy atom. The molecule has 0 aliphatic heterocycles. The van der Waals surface area contributed by atoms with Gasteiger partial charge in [-0.05, 0) is 17.5 Å². The highest BCUT2D eigenvalue weighted by Gasteiger charge is 2.31. The zero-order chi connectivity index (χ0) is 15.8. The van der Waals surface area contributed by atoms with E-state index in [4.69, 9.17) is 0 Å². The molecule has 0 aliphatic rings. The first-order valence-electron chi connectivity index (χ1n) is 6.78. The van der Waals surface area contributed by atoms with Crippen molar-refractivity contribution in [1.29, 1.82) is 0 Å². The van der Waals surface area contributed by atoms with Crippen molar-refractivity contribution in [2.24, 2.45) is 5.41 Å². The van der Waals surface area contributed by atoms with E-state index < -0.39 is 10.0 Å². The second-order valence-corrected chi connectivity index (χ2v) is 8.23. The molecule has 0 fully saturated rings. The SMILES string of the molecule is CNc1nc2ccccn2c1S(=O)(=O)N(C)CC(C)(C)C. The van der Waals surface area contributed by atoms with Crippen LogP contribution >= 0.6 is 0 Å². The fraction of sp³-hybridized carbons (Fsp3) is 0.500. The van der Waals surface area contributed by atoms with Gasteiger partial charge in [-0.15, -0.1) is 0 Å². The Balaban J connectivity index is 2.59. The lowest BCUT2D eigenvalue weighted by atomic mass is 9.97. The highest BCUT2D eigenvalue weighted by Crippen LogP contribution is 2.27. The number of nitrogens with zero attached hydrogens (tertiary/aromatic N) is 3. The van der Waals surface area contributed by atoms with Gasteiger partial charge < -0.3 is 5.32 Å². The molecule has 0 aromatic carbocycles. The summed E-state index contributed by atoms with van der Waals surface area (Å²) in [7, 11) is -0.356. The number of nitrogens with one attached hydrogen (secondary N) is 1. The van der Waals surface area contributed by atoms with Crippen molar-refractivity contribution in [3.8, 4) is 0 Å². The summed E-state index contributed by atoms with van der Waals surface area (Å²) < 4.78 is 28.8. The van der Waals surface area contributed by atoms with Crippen LogP contribution in [0.2, 0.25) is 0 Å². The maximum atomic E-state index is 12.9.